The van der Waals surface area contributed by atoms with Gasteiger partial charge in [0, 0.05) is 18.1 Å². The number of aryl methyl sites for hydroxylation is 2. The number of hydrogen-bond donors (Lipinski definition) is 0. The summed E-state index contributed by atoms with van der Waals surface area (Å²) in [6, 6.07) is 4.28. The van der Waals surface area contributed by atoms with Gasteiger partial charge in [-0.2, -0.15) is 0 Å². The van der Waals surface area contributed by atoms with Crippen molar-refractivity contribution in [1.82, 2.24) is 0 Å². The standard InChI is InChI=1S/C14H24N.BrH/c1-13(2)8-5-4-6-10-15-11-7-9-14(3)12-15;/h7,9,11-13H,4-6,8,10H2,1-3H3;1H/q+1;/p-1. The highest BCUT2D eigenvalue weighted by atomic mass is 79.9. The highest BCUT2D eigenvalue weighted by Crippen LogP contribution is 2.07. The molecule has 1 aromatic rings. The zero-order valence-corrected chi connectivity index (χ0v) is 12.3. The second kappa shape index (κ2) is 8.74. The summed E-state index contributed by atoms with van der Waals surface area (Å²) in [4.78, 5) is 0. The van der Waals surface area contributed by atoms with Crippen LogP contribution < -0.4 is 21.5 Å². The minimum atomic E-state index is 0. The number of rotatable bonds is 6. The Kier molecular flexibility index (Phi) is 8.54. The molecule has 0 N–H and O–H groups in total. The highest BCUT2D eigenvalue weighted by Gasteiger charge is 2.00. The van der Waals surface area contributed by atoms with Gasteiger partial charge in [-0.3, -0.25) is 0 Å². The maximum Gasteiger partial charge on any atom is 0.171 e. The van der Waals surface area contributed by atoms with Crippen LogP contribution in [0.4, 0.5) is 0 Å². The SMILES string of the molecule is Cc1ccc[n+](CCCCCC(C)C)c1.[Br-]. The monoisotopic (exact) mass is 285 g/mol. The van der Waals surface area contributed by atoms with Crippen LogP contribution in [0.3, 0.4) is 0 Å². The minimum absolute atomic E-state index is 0. The lowest BCUT2D eigenvalue weighted by Gasteiger charge is -2.02. The van der Waals surface area contributed by atoms with Gasteiger partial charge in [0.15, 0.2) is 12.4 Å². The van der Waals surface area contributed by atoms with Gasteiger partial charge in [0.2, 0.25) is 0 Å². The van der Waals surface area contributed by atoms with Crippen molar-refractivity contribution in [3.63, 3.8) is 0 Å². The molecule has 0 amide bonds. The van der Waals surface area contributed by atoms with Gasteiger partial charge in [0.25, 0.3) is 0 Å². The Morgan fingerprint density at radius 3 is 2.56 bits per heavy atom. The largest absolute Gasteiger partial charge is 1.00 e. The van der Waals surface area contributed by atoms with Gasteiger partial charge < -0.3 is 17.0 Å². The first-order chi connectivity index (χ1) is 7.18. The lowest BCUT2D eigenvalue weighted by Crippen LogP contribution is -3.00. The van der Waals surface area contributed by atoms with E-state index in [0.717, 1.165) is 5.92 Å². The molecule has 1 heterocycles. The van der Waals surface area contributed by atoms with E-state index in [1.807, 2.05) is 0 Å². The van der Waals surface area contributed by atoms with Crippen LogP contribution in [-0.4, -0.2) is 0 Å². The summed E-state index contributed by atoms with van der Waals surface area (Å²) >= 11 is 0. The average molecular weight is 286 g/mol. The molecule has 0 aliphatic carbocycles. The Morgan fingerprint density at radius 1 is 1.19 bits per heavy atom. The van der Waals surface area contributed by atoms with E-state index >= 15 is 0 Å². The van der Waals surface area contributed by atoms with E-state index in [2.05, 4.69) is 49.9 Å². The lowest BCUT2D eigenvalue weighted by atomic mass is 10.1. The van der Waals surface area contributed by atoms with Crippen LogP contribution in [0.1, 0.15) is 45.1 Å². The van der Waals surface area contributed by atoms with Gasteiger partial charge in [-0.25, -0.2) is 4.57 Å². The van der Waals surface area contributed by atoms with E-state index < -0.39 is 0 Å². The Bertz CT molecular complexity index is 284. The minimum Gasteiger partial charge on any atom is -1.00 e. The molecule has 92 valence electrons. The fourth-order valence-corrected chi connectivity index (χ4v) is 1.82. The summed E-state index contributed by atoms with van der Waals surface area (Å²) in [6.45, 7) is 7.92. The van der Waals surface area contributed by atoms with E-state index in [-0.39, 0.29) is 17.0 Å². The van der Waals surface area contributed by atoms with Crippen molar-refractivity contribution in [3.8, 4) is 0 Å². The Morgan fingerprint density at radius 2 is 1.94 bits per heavy atom. The van der Waals surface area contributed by atoms with Crippen LogP contribution in [0.15, 0.2) is 24.5 Å². The normalized spacial score (nSPS) is 10.2. The van der Waals surface area contributed by atoms with E-state index in [1.165, 1.54) is 37.8 Å². The molecule has 0 spiro atoms. The van der Waals surface area contributed by atoms with Gasteiger partial charge in [0.05, 0.1) is 0 Å². The van der Waals surface area contributed by atoms with Crippen LogP contribution in [-0.2, 0) is 6.54 Å². The van der Waals surface area contributed by atoms with Crippen molar-refractivity contribution >= 4 is 0 Å². The topological polar surface area (TPSA) is 3.88 Å². The lowest BCUT2D eigenvalue weighted by molar-refractivity contribution is -0.697. The van der Waals surface area contributed by atoms with Gasteiger partial charge in [-0.1, -0.05) is 26.7 Å². The van der Waals surface area contributed by atoms with Crippen LogP contribution >= 0.6 is 0 Å². The van der Waals surface area contributed by atoms with Crippen molar-refractivity contribution in [2.75, 3.05) is 0 Å². The summed E-state index contributed by atoms with van der Waals surface area (Å²) in [7, 11) is 0. The molecule has 0 aliphatic rings. The third-order valence-electron chi connectivity index (χ3n) is 2.70. The molecule has 0 saturated heterocycles. The molecule has 0 radical (unpaired) electrons. The molecule has 0 saturated carbocycles. The fourth-order valence-electron chi connectivity index (χ4n) is 1.82. The zero-order valence-electron chi connectivity index (χ0n) is 10.7. The Hall–Kier alpha value is -0.370. The summed E-state index contributed by atoms with van der Waals surface area (Å²) in [6.07, 6.45) is 9.81. The first-order valence-corrected chi connectivity index (χ1v) is 6.14. The van der Waals surface area contributed by atoms with Gasteiger partial charge in [-0.15, -0.1) is 0 Å². The summed E-state index contributed by atoms with van der Waals surface area (Å²) in [5.74, 6) is 0.858. The van der Waals surface area contributed by atoms with Crippen molar-refractivity contribution in [2.24, 2.45) is 5.92 Å². The first-order valence-electron chi connectivity index (χ1n) is 6.14. The molecular formula is C14H24BrN. The van der Waals surface area contributed by atoms with Gasteiger partial charge in [-0.05, 0) is 25.3 Å². The molecular weight excluding hydrogens is 262 g/mol. The molecule has 0 fully saturated rings. The summed E-state index contributed by atoms with van der Waals surface area (Å²) < 4.78 is 2.30. The molecule has 1 rings (SSSR count). The van der Waals surface area contributed by atoms with Crippen molar-refractivity contribution in [1.29, 1.82) is 0 Å². The van der Waals surface area contributed by atoms with Crippen LogP contribution in [0.2, 0.25) is 0 Å². The second-order valence-electron chi connectivity index (χ2n) is 4.86. The van der Waals surface area contributed by atoms with Crippen molar-refractivity contribution in [3.05, 3.63) is 30.1 Å². The quantitative estimate of drug-likeness (QED) is 0.530. The molecule has 0 atom stereocenters. The summed E-state index contributed by atoms with van der Waals surface area (Å²) in [5, 5.41) is 0. The molecule has 2 heteroatoms. The van der Waals surface area contributed by atoms with E-state index in [4.69, 9.17) is 0 Å². The third-order valence-corrected chi connectivity index (χ3v) is 2.70. The zero-order chi connectivity index (χ0) is 11.1. The predicted octanol–water partition coefficient (Wildman–Crippen LogP) is 0.503. The van der Waals surface area contributed by atoms with Crippen molar-refractivity contribution < 1.29 is 21.5 Å². The molecule has 0 unspecified atom stereocenters. The number of aromatic nitrogens is 1. The Balaban J connectivity index is 0.00000225. The molecule has 0 aromatic carbocycles. The molecule has 0 aliphatic heterocycles. The maximum absolute atomic E-state index is 2.30. The number of pyridine rings is 1. The van der Waals surface area contributed by atoms with Gasteiger partial charge in [0.1, 0.15) is 6.54 Å². The number of unbranched alkanes of at least 4 members (excludes halogenated alkanes) is 2. The van der Waals surface area contributed by atoms with Crippen molar-refractivity contribution in [2.45, 2.75) is 53.0 Å². The molecule has 1 nitrogen and oxygen atoms in total. The second-order valence-corrected chi connectivity index (χ2v) is 4.86. The number of halogens is 1. The summed E-state index contributed by atoms with van der Waals surface area (Å²) in [5.41, 5.74) is 1.35. The van der Waals surface area contributed by atoms with E-state index in [0.29, 0.717) is 0 Å². The fraction of sp³-hybridized carbons (Fsp3) is 0.643. The molecule has 0 bridgehead atoms. The number of hydrogen-bond acceptors (Lipinski definition) is 0. The van der Waals surface area contributed by atoms with Gasteiger partial charge >= 0.3 is 0 Å². The number of nitrogens with zero attached hydrogens (tertiary/aromatic N) is 1. The third kappa shape index (κ3) is 7.00. The highest BCUT2D eigenvalue weighted by molar-refractivity contribution is 5.01. The van der Waals surface area contributed by atoms with Crippen LogP contribution in [0.25, 0.3) is 0 Å². The first kappa shape index (κ1) is 15.6. The van der Waals surface area contributed by atoms with E-state index in [9.17, 15) is 0 Å². The average Bonchev–Trinajstić information content (AvgIpc) is 2.17. The molecule has 16 heavy (non-hydrogen) atoms. The van der Waals surface area contributed by atoms with E-state index in [1.54, 1.807) is 0 Å². The Labute approximate surface area is 111 Å². The maximum atomic E-state index is 2.30. The molecule has 1 aromatic heterocycles. The smallest absolute Gasteiger partial charge is 0.171 e. The van der Waals surface area contributed by atoms with Crippen LogP contribution in [0, 0.1) is 12.8 Å². The predicted molar refractivity (Wildman–Crippen MR) is 64.7 cm³/mol. The van der Waals surface area contributed by atoms with Crippen LogP contribution in [0.5, 0.6) is 0 Å².